The number of carbonyl (C=O) groups excluding carboxylic acids is 1. The van der Waals surface area contributed by atoms with E-state index in [-0.39, 0.29) is 5.91 Å². The minimum absolute atomic E-state index is 0.0593. The molecule has 0 atom stereocenters. The maximum atomic E-state index is 12.1. The van der Waals surface area contributed by atoms with Gasteiger partial charge in [-0.1, -0.05) is 23.7 Å². The number of hydrogen-bond acceptors (Lipinski definition) is 4. The van der Waals surface area contributed by atoms with E-state index < -0.39 is 0 Å². The third-order valence-corrected chi connectivity index (χ3v) is 4.56. The molecule has 4 nitrogen and oxygen atoms in total. The summed E-state index contributed by atoms with van der Waals surface area (Å²) in [6.07, 6.45) is 0. The van der Waals surface area contributed by atoms with Crippen molar-refractivity contribution in [3.8, 4) is 0 Å². The maximum absolute atomic E-state index is 12.1. The predicted molar refractivity (Wildman–Crippen MR) is 96.0 cm³/mol. The molecule has 3 aromatic rings. The van der Waals surface area contributed by atoms with Crippen LogP contribution < -0.4 is 5.32 Å². The Morgan fingerprint density at radius 2 is 1.96 bits per heavy atom. The number of hydrogen-bond donors (Lipinski definition) is 1. The lowest BCUT2D eigenvalue weighted by atomic mass is 10.3. The molecular formula is C17H16ClN3OS. The molecular weight excluding hydrogens is 330 g/mol. The number of benzene rings is 2. The molecule has 0 fully saturated rings. The summed E-state index contributed by atoms with van der Waals surface area (Å²) in [5.41, 5.74) is 1.75. The summed E-state index contributed by atoms with van der Waals surface area (Å²) in [6.45, 7) is 0.950. The Morgan fingerprint density at radius 3 is 2.70 bits per heavy atom. The van der Waals surface area contributed by atoms with E-state index in [1.807, 2.05) is 30.1 Å². The maximum Gasteiger partial charge on any atom is 0.238 e. The molecule has 0 saturated heterocycles. The van der Waals surface area contributed by atoms with Crippen LogP contribution in [-0.4, -0.2) is 29.4 Å². The van der Waals surface area contributed by atoms with Gasteiger partial charge in [0.15, 0.2) is 0 Å². The zero-order valence-electron chi connectivity index (χ0n) is 12.6. The van der Waals surface area contributed by atoms with Crippen molar-refractivity contribution in [2.75, 3.05) is 18.9 Å². The van der Waals surface area contributed by atoms with E-state index in [4.69, 9.17) is 11.6 Å². The quantitative estimate of drug-likeness (QED) is 0.759. The average Bonchev–Trinajstić information content (AvgIpc) is 2.91. The molecule has 6 heteroatoms. The molecule has 118 valence electrons. The molecule has 23 heavy (non-hydrogen) atoms. The highest BCUT2D eigenvalue weighted by Gasteiger charge is 2.10. The second-order valence-electron chi connectivity index (χ2n) is 5.30. The monoisotopic (exact) mass is 345 g/mol. The van der Waals surface area contributed by atoms with Crippen LogP contribution in [-0.2, 0) is 11.3 Å². The van der Waals surface area contributed by atoms with Crippen molar-refractivity contribution in [1.29, 1.82) is 0 Å². The van der Waals surface area contributed by atoms with Gasteiger partial charge in [0.2, 0.25) is 5.91 Å². The van der Waals surface area contributed by atoms with Gasteiger partial charge in [0, 0.05) is 10.7 Å². The zero-order valence-corrected chi connectivity index (χ0v) is 14.2. The SMILES string of the molecule is CN(CC(=O)Nc1ccc(Cl)cc1)Cc1nc2ccccc2s1. The van der Waals surface area contributed by atoms with Crippen LogP contribution in [0.5, 0.6) is 0 Å². The topological polar surface area (TPSA) is 45.2 Å². The molecule has 0 aliphatic heterocycles. The van der Waals surface area contributed by atoms with E-state index in [1.165, 1.54) is 4.70 Å². The Labute approximate surface area is 143 Å². The number of nitrogens with zero attached hydrogens (tertiary/aromatic N) is 2. The number of halogens is 1. The van der Waals surface area contributed by atoms with Crippen molar-refractivity contribution in [3.05, 3.63) is 58.6 Å². The minimum atomic E-state index is -0.0593. The first-order valence-electron chi connectivity index (χ1n) is 7.18. The molecule has 0 saturated carbocycles. The lowest BCUT2D eigenvalue weighted by Crippen LogP contribution is -2.29. The van der Waals surface area contributed by atoms with Crippen LogP contribution in [0.4, 0.5) is 5.69 Å². The normalized spacial score (nSPS) is 11.1. The summed E-state index contributed by atoms with van der Waals surface area (Å²) in [5, 5.41) is 4.51. The number of carbonyl (C=O) groups is 1. The Kier molecular flexibility index (Phi) is 4.91. The zero-order chi connectivity index (χ0) is 16.2. The lowest BCUT2D eigenvalue weighted by Gasteiger charge is -2.14. The summed E-state index contributed by atoms with van der Waals surface area (Å²) < 4.78 is 1.17. The summed E-state index contributed by atoms with van der Waals surface area (Å²) in [5.74, 6) is -0.0593. The summed E-state index contributed by atoms with van der Waals surface area (Å²) in [4.78, 5) is 18.6. The molecule has 3 rings (SSSR count). The number of thiazole rings is 1. The first-order chi connectivity index (χ1) is 11.1. The van der Waals surface area contributed by atoms with Gasteiger partial charge in [-0.05, 0) is 43.4 Å². The molecule has 0 radical (unpaired) electrons. The van der Waals surface area contributed by atoms with Crippen molar-refractivity contribution in [2.45, 2.75) is 6.54 Å². The van der Waals surface area contributed by atoms with Gasteiger partial charge in [-0.25, -0.2) is 4.98 Å². The second kappa shape index (κ2) is 7.08. The second-order valence-corrected chi connectivity index (χ2v) is 6.85. The van der Waals surface area contributed by atoms with Crippen molar-refractivity contribution in [2.24, 2.45) is 0 Å². The standard InChI is InChI=1S/C17H16ClN3OS/c1-21(10-16(22)19-13-8-6-12(18)7-9-13)11-17-20-14-4-2-3-5-15(14)23-17/h2-9H,10-11H2,1H3,(H,19,22). The van der Waals surface area contributed by atoms with Gasteiger partial charge in [-0.3, -0.25) is 9.69 Å². The number of aromatic nitrogens is 1. The lowest BCUT2D eigenvalue weighted by molar-refractivity contribution is -0.117. The fraction of sp³-hybridized carbons (Fsp3) is 0.176. The summed E-state index contributed by atoms with van der Waals surface area (Å²) in [6, 6.07) is 15.1. The van der Waals surface area contributed by atoms with Crippen LogP contribution in [0.15, 0.2) is 48.5 Å². The Balaban J connectivity index is 1.56. The molecule has 0 aliphatic carbocycles. The van der Waals surface area contributed by atoms with Gasteiger partial charge in [0.1, 0.15) is 5.01 Å². The highest BCUT2D eigenvalue weighted by Crippen LogP contribution is 2.22. The Bertz CT molecular complexity index is 783. The number of anilines is 1. The van der Waals surface area contributed by atoms with Gasteiger partial charge in [-0.2, -0.15) is 0 Å². The highest BCUT2D eigenvalue weighted by molar-refractivity contribution is 7.18. The Morgan fingerprint density at radius 1 is 1.22 bits per heavy atom. The van der Waals surface area contributed by atoms with Crippen molar-refractivity contribution < 1.29 is 4.79 Å². The molecule has 0 unspecified atom stereocenters. The Hall–Kier alpha value is -1.95. The van der Waals surface area contributed by atoms with Crippen molar-refractivity contribution in [3.63, 3.8) is 0 Å². The van der Waals surface area contributed by atoms with Crippen molar-refractivity contribution in [1.82, 2.24) is 9.88 Å². The number of nitrogens with one attached hydrogen (secondary N) is 1. The van der Waals surface area contributed by atoms with E-state index in [9.17, 15) is 4.79 Å². The fourth-order valence-electron chi connectivity index (χ4n) is 2.25. The predicted octanol–water partition coefficient (Wildman–Crippen LogP) is 4.02. The first kappa shape index (κ1) is 15.9. The van der Waals surface area contributed by atoms with E-state index in [0.717, 1.165) is 16.2 Å². The average molecular weight is 346 g/mol. The van der Waals surface area contributed by atoms with Crippen molar-refractivity contribution >= 4 is 44.7 Å². The van der Waals surface area contributed by atoms with Gasteiger partial charge >= 0.3 is 0 Å². The highest BCUT2D eigenvalue weighted by atomic mass is 35.5. The number of fused-ring (bicyclic) bond motifs is 1. The number of rotatable bonds is 5. The van der Waals surface area contributed by atoms with Gasteiger partial charge in [0.05, 0.1) is 23.3 Å². The van der Waals surface area contributed by atoms with Crippen LogP contribution in [0, 0.1) is 0 Å². The van der Waals surface area contributed by atoms with E-state index in [2.05, 4.69) is 16.4 Å². The first-order valence-corrected chi connectivity index (χ1v) is 8.38. The minimum Gasteiger partial charge on any atom is -0.325 e. The molecule has 0 aliphatic rings. The number of para-hydroxylation sites is 1. The molecule has 1 aromatic heterocycles. The molecule has 2 aromatic carbocycles. The third kappa shape index (κ3) is 4.28. The van der Waals surface area contributed by atoms with E-state index in [1.54, 1.807) is 35.6 Å². The third-order valence-electron chi connectivity index (χ3n) is 3.28. The van der Waals surface area contributed by atoms with Gasteiger partial charge in [-0.15, -0.1) is 11.3 Å². The molecule has 1 heterocycles. The molecule has 1 amide bonds. The van der Waals surface area contributed by atoms with Crippen LogP contribution in [0.25, 0.3) is 10.2 Å². The van der Waals surface area contributed by atoms with Crippen LogP contribution >= 0.6 is 22.9 Å². The van der Waals surface area contributed by atoms with Crippen LogP contribution in [0.3, 0.4) is 0 Å². The van der Waals surface area contributed by atoms with E-state index in [0.29, 0.717) is 18.1 Å². The largest absolute Gasteiger partial charge is 0.325 e. The molecule has 0 spiro atoms. The summed E-state index contributed by atoms with van der Waals surface area (Å²) in [7, 11) is 1.91. The number of likely N-dealkylation sites (N-methyl/N-ethyl adjacent to an activating group) is 1. The number of amides is 1. The smallest absolute Gasteiger partial charge is 0.238 e. The molecule has 1 N–H and O–H groups in total. The van der Waals surface area contributed by atoms with Crippen LogP contribution in [0.1, 0.15) is 5.01 Å². The van der Waals surface area contributed by atoms with E-state index >= 15 is 0 Å². The van der Waals surface area contributed by atoms with Crippen LogP contribution in [0.2, 0.25) is 5.02 Å². The van der Waals surface area contributed by atoms with Gasteiger partial charge in [0.25, 0.3) is 0 Å². The summed E-state index contributed by atoms with van der Waals surface area (Å²) >= 11 is 7.49. The van der Waals surface area contributed by atoms with Gasteiger partial charge < -0.3 is 5.32 Å². The molecule has 0 bridgehead atoms. The fourth-order valence-corrected chi connectivity index (χ4v) is 3.43.